The maximum absolute atomic E-state index is 12.8. The van der Waals surface area contributed by atoms with Gasteiger partial charge in [-0.3, -0.25) is 4.79 Å². The number of methoxy groups -OCH3 is 2. The largest absolute Gasteiger partial charge is 0.493 e. The third-order valence-electron chi connectivity index (χ3n) is 5.56. The van der Waals surface area contributed by atoms with E-state index in [1.807, 2.05) is 38.1 Å². The Bertz CT molecular complexity index is 1160. The molecular weight excluding hydrogens is 464 g/mol. The smallest absolute Gasteiger partial charge is 0.185 e. The topological polar surface area (TPSA) is 54.0 Å². The molecule has 5 heteroatoms. The van der Waals surface area contributed by atoms with Crippen molar-refractivity contribution in [3.05, 3.63) is 88.5 Å². The van der Waals surface area contributed by atoms with Crippen LogP contribution in [0.1, 0.15) is 63.4 Å². The van der Waals surface area contributed by atoms with Crippen molar-refractivity contribution in [2.24, 2.45) is 0 Å². The molecule has 37 heavy (non-hydrogen) atoms. The summed E-state index contributed by atoms with van der Waals surface area (Å²) in [6, 6.07) is 10.8. The minimum absolute atomic E-state index is 0.137. The first-order chi connectivity index (χ1) is 17.7. The molecule has 5 nitrogen and oxygen atoms in total. The molecule has 0 aliphatic carbocycles. The summed E-state index contributed by atoms with van der Waals surface area (Å²) in [5, 5.41) is 0. The second kappa shape index (κ2) is 15.4. The van der Waals surface area contributed by atoms with E-state index in [0.29, 0.717) is 41.8 Å². The molecule has 0 spiro atoms. The molecule has 0 radical (unpaired) electrons. The van der Waals surface area contributed by atoms with Crippen molar-refractivity contribution < 1.29 is 23.7 Å². The summed E-state index contributed by atoms with van der Waals surface area (Å²) in [5.74, 6) is 2.25. The van der Waals surface area contributed by atoms with Crippen molar-refractivity contribution in [2.45, 2.75) is 47.5 Å². The van der Waals surface area contributed by atoms with Crippen LogP contribution in [0.2, 0.25) is 0 Å². The predicted octanol–water partition coefficient (Wildman–Crippen LogP) is 8.02. The zero-order valence-electron chi connectivity index (χ0n) is 23.2. The van der Waals surface area contributed by atoms with Crippen LogP contribution in [0.25, 0.3) is 6.08 Å². The molecule has 2 aromatic carbocycles. The summed E-state index contributed by atoms with van der Waals surface area (Å²) < 4.78 is 22.6. The normalized spacial score (nSPS) is 11.2. The highest BCUT2D eigenvalue weighted by atomic mass is 16.5. The Morgan fingerprint density at radius 3 is 1.95 bits per heavy atom. The van der Waals surface area contributed by atoms with Crippen LogP contribution in [-0.4, -0.2) is 33.2 Å². The van der Waals surface area contributed by atoms with Gasteiger partial charge in [-0.1, -0.05) is 34.9 Å². The van der Waals surface area contributed by atoms with Crippen molar-refractivity contribution in [1.29, 1.82) is 0 Å². The van der Waals surface area contributed by atoms with Crippen LogP contribution in [0.4, 0.5) is 0 Å². The lowest BCUT2D eigenvalue weighted by molar-refractivity contribution is 0.104. The molecular formula is C32H40O5. The van der Waals surface area contributed by atoms with Crippen LogP contribution < -0.4 is 18.9 Å². The van der Waals surface area contributed by atoms with Crippen molar-refractivity contribution >= 4 is 11.9 Å². The van der Waals surface area contributed by atoms with E-state index in [1.54, 1.807) is 38.5 Å². The summed E-state index contributed by atoms with van der Waals surface area (Å²) in [6.07, 6.45) is 11.7. The van der Waals surface area contributed by atoms with Gasteiger partial charge in [-0.2, -0.15) is 0 Å². The fourth-order valence-corrected chi connectivity index (χ4v) is 3.38. The summed E-state index contributed by atoms with van der Waals surface area (Å²) in [6.45, 7) is 11.3. The fraction of sp³-hybridized carbons (Fsp3) is 0.344. The molecule has 0 unspecified atom stereocenters. The van der Waals surface area contributed by atoms with Gasteiger partial charge in [0.2, 0.25) is 0 Å². The van der Waals surface area contributed by atoms with Gasteiger partial charge >= 0.3 is 0 Å². The van der Waals surface area contributed by atoms with Crippen molar-refractivity contribution in [3.8, 4) is 23.0 Å². The number of ketones is 1. The number of ether oxygens (including phenoxy) is 4. The van der Waals surface area contributed by atoms with E-state index in [9.17, 15) is 4.79 Å². The molecule has 0 heterocycles. The summed E-state index contributed by atoms with van der Waals surface area (Å²) in [5.41, 5.74) is 5.15. The monoisotopic (exact) mass is 504 g/mol. The van der Waals surface area contributed by atoms with Gasteiger partial charge in [-0.25, -0.2) is 0 Å². The van der Waals surface area contributed by atoms with E-state index < -0.39 is 0 Å². The van der Waals surface area contributed by atoms with Gasteiger partial charge in [0.25, 0.3) is 0 Å². The number of carbonyl (C=O) groups excluding carboxylic acids is 1. The Balaban J connectivity index is 2.03. The maximum atomic E-state index is 12.8. The number of benzene rings is 2. The summed E-state index contributed by atoms with van der Waals surface area (Å²) in [7, 11) is 3.17. The molecule has 2 rings (SSSR count). The van der Waals surface area contributed by atoms with Gasteiger partial charge < -0.3 is 18.9 Å². The average molecular weight is 505 g/mol. The lowest BCUT2D eigenvalue weighted by Gasteiger charge is -2.11. The molecule has 0 aromatic heterocycles. The Morgan fingerprint density at radius 2 is 1.32 bits per heavy atom. The van der Waals surface area contributed by atoms with Gasteiger partial charge in [0, 0.05) is 5.56 Å². The van der Waals surface area contributed by atoms with E-state index in [0.717, 1.165) is 18.4 Å². The highest BCUT2D eigenvalue weighted by Crippen LogP contribution is 2.30. The third kappa shape index (κ3) is 10.4. The average Bonchev–Trinajstić information content (AvgIpc) is 2.87. The molecule has 198 valence electrons. The number of hydrogen-bond donors (Lipinski definition) is 0. The predicted molar refractivity (Wildman–Crippen MR) is 152 cm³/mol. The molecule has 0 N–H and O–H groups in total. The number of hydrogen-bond acceptors (Lipinski definition) is 5. The number of rotatable bonds is 14. The highest BCUT2D eigenvalue weighted by molar-refractivity contribution is 6.07. The molecule has 0 aliphatic rings. The SMILES string of the molecule is COc1cc(C(=O)/C=C/c2ccc(OC/C=C(\C)CCC=C(C)C)c(OC)c2)ccc1OCC=C(C)C. The van der Waals surface area contributed by atoms with Crippen molar-refractivity contribution in [2.75, 3.05) is 27.4 Å². The summed E-state index contributed by atoms with van der Waals surface area (Å²) in [4.78, 5) is 12.8. The first kappa shape index (κ1) is 29.5. The van der Waals surface area contributed by atoms with E-state index in [4.69, 9.17) is 18.9 Å². The molecule has 0 saturated carbocycles. The Morgan fingerprint density at radius 1 is 0.730 bits per heavy atom. The van der Waals surface area contributed by atoms with E-state index in [1.165, 1.54) is 22.8 Å². The first-order valence-electron chi connectivity index (χ1n) is 12.5. The first-order valence-corrected chi connectivity index (χ1v) is 12.5. The molecule has 0 atom stereocenters. The molecule has 0 saturated heterocycles. The molecule has 0 aliphatic heterocycles. The minimum Gasteiger partial charge on any atom is -0.493 e. The standard InChI is InChI=1S/C32H40O5/c1-23(2)9-8-10-25(5)18-20-37-29-15-12-26(21-31(29)34-6)11-14-28(33)27-13-16-30(32(22-27)35-7)36-19-17-24(3)4/h9,11-18,21-22H,8,10,19-20H2,1-7H3/b14-11+,25-18+. The second-order valence-corrected chi connectivity index (χ2v) is 9.25. The highest BCUT2D eigenvalue weighted by Gasteiger charge is 2.10. The van der Waals surface area contributed by atoms with Crippen molar-refractivity contribution in [1.82, 2.24) is 0 Å². The Labute approximate surface area is 222 Å². The van der Waals surface area contributed by atoms with Crippen LogP contribution in [0.15, 0.2) is 77.4 Å². The van der Waals surface area contributed by atoms with Gasteiger partial charge in [0.15, 0.2) is 28.8 Å². The molecule has 2 aromatic rings. The van der Waals surface area contributed by atoms with Gasteiger partial charge in [-0.15, -0.1) is 0 Å². The Hall–Kier alpha value is -3.73. The second-order valence-electron chi connectivity index (χ2n) is 9.25. The summed E-state index contributed by atoms with van der Waals surface area (Å²) >= 11 is 0. The lowest BCUT2D eigenvalue weighted by atomic mass is 10.1. The lowest BCUT2D eigenvalue weighted by Crippen LogP contribution is -2.00. The zero-order valence-corrected chi connectivity index (χ0v) is 23.2. The van der Waals surface area contributed by atoms with Crippen molar-refractivity contribution in [3.63, 3.8) is 0 Å². The van der Waals surface area contributed by atoms with E-state index in [2.05, 4.69) is 32.9 Å². The third-order valence-corrected chi connectivity index (χ3v) is 5.56. The molecule has 0 bridgehead atoms. The van der Waals surface area contributed by atoms with Crippen LogP contribution in [0.3, 0.4) is 0 Å². The minimum atomic E-state index is -0.137. The Kier molecular flexibility index (Phi) is 12.3. The van der Waals surface area contributed by atoms with Gasteiger partial charge in [0.1, 0.15) is 13.2 Å². The van der Waals surface area contributed by atoms with Crippen LogP contribution in [0.5, 0.6) is 23.0 Å². The van der Waals surface area contributed by atoms with Gasteiger partial charge in [0.05, 0.1) is 14.2 Å². The van der Waals surface area contributed by atoms with Crippen LogP contribution in [0, 0.1) is 0 Å². The van der Waals surface area contributed by atoms with E-state index in [-0.39, 0.29) is 5.78 Å². The zero-order chi connectivity index (χ0) is 27.2. The van der Waals surface area contributed by atoms with Crippen LogP contribution >= 0.6 is 0 Å². The fourth-order valence-electron chi connectivity index (χ4n) is 3.38. The maximum Gasteiger partial charge on any atom is 0.185 e. The number of allylic oxidation sites excluding steroid dienone is 5. The van der Waals surface area contributed by atoms with E-state index >= 15 is 0 Å². The van der Waals surface area contributed by atoms with Gasteiger partial charge in [-0.05, 0) is 102 Å². The number of carbonyl (C=O) groups is 1. The molecule has 0 amide bonds. The molecule has 0 fully saturated rings. The quantitative estimate of drug-likeness (QED) is 0.148. The van der Waals surface area contributed by atoms with Crippen LogP contribution in [-0.2, 0) is 0 Å².